The Hall–Kier alpha value is -1.79. The number of carbonyl (C=O) groups is 2. The van der Waals surface area contributed by atoms with Crippen molar-refractivity contribution in [2.75, 3.05) is 13.6 Å². The fraction of sp³-hybridized carbons (Fsp3) is 0.385. The first-order valence-corrected chi connectivity index (χ1v) is 6.38. The number of urea groups is 1. The fourth-order valence-electron chi connectivity index (χ4n) is 1.59. The van der Waals surface area contributed by atoms with Crippen LogP contribution in [0.15, 0.2) is 24.3 Å². The number of hydrogen-bond acceptors (Lipinski definition) is 3. The average molecular weight is 301 g/mol. The summed E-state index contributed by atoms with van der Waals surface area (Å²) in [7, 11) is 1.57. The lowest BCUT2D eigenvalue weighted by Gasteiger charge is -2.26. The minimum atomic E-state index is -1.62. The van der Waals surface area contributed by atoms with Crippen LogP contribution in [0.1, 0.15) is 18.5 Å². The Morgan fingerprint density at radius 2 is 2.00 bits per heavy atom. The molecular weight excluding hydrogens is 284 g/mol. The summed E-state index contributed by atoms with van der Waals surface area (Å²) in [5, 5.41) is 20.5. The van der Waals surface area contributed by atoms with E-state index in [1.165, 1.54) is 4.90 Å². The van der Waals surface area contributed by atoms with Crippen LogP contribution in [-0.2, 0) is 4.79 Å². The van der Waals surface area contributed by atoms with Gasteiger partial charge in [-0.1, -0.05) is 29.8 Å². The van der Waals surface area contributed by atoms with Crippen molar-refractivity contribution in [3.63, 3.8) is 0 Å². The Kier molecular flexibility index (Phi) is 5.79. The third-order valence-electron chi connectivity index (χ3n) is 2.99. The lowest BCUT2D eigenvalue weighted by molar-refractivity contribution is -0.146. The number of halogens is 1. The first-order valence-electron chi connectivity index (χ1n) is 6.00. The molecule has 3 N–H and O–H groups in total. The molecule has 1 aromatic carbocycles. The fourth-order valence-corrected chi connectivity index (χ4v) is 1.89. The summed E-state index contributed by atoms with van der Waals surface area (Å²) >= 11 is 6.06. The van der Waals surface area contributed by atoms with Crippen LogP contribution in [0, 0.1) is 0 Å². The number of amides is 2. The van der Waals surface area contributed by atoms with E-state index < -0.39 is 18.1 Å². The van der Waals surface area contributed by atoms with Gasteiger partial charge in [-0.05, 0) is 18.6 Å². The summed E-state index contributed by atoms with van der Waals surface area (Å²) in [6.45, 7) is 1.45. The second kappa shape index (κ2) is 7.12. The number of aliphatic carboxylic acids is 1. The van der Waals surface area contributed by atoms with Crippen molar-refractivity contribution < 1.29 is 19.8 Å². The van der Waals surface area contributed by atoms with E-state index in [2.05, 4.69) is 5.32 Å². The van der Waals surface area contributed by atoms with Crippen LogP contribution in [0.4, 0.5) is 4.79 Å². The highest BCUT2D eigenvalue weighted by Gasteiger charge is 2.21. The van der Waals surface area contributed by atoms with Gasteiger partial charge >= 0.3 is 12.0 Å². The molecule has 0 aliphatic rings. The van der Waals surface area contributed by atoms with E-state index in [9.17, 15) is 9.59 Å². The first-order chi connectivity index (χ1) is 9.34. The van der Waals surface area contributed by atoms with Crippen molar-refractivity contribution in [2.24, 2.45) is 0 Å². The number of carboxylic acids is 1. The number of nitrogens with zero attached hydrogens (tertiary/aromatic N) is 1. The zero-order valence-electron chi connectivity index (χ0n) is 11.2. The van der Waals surface area contributed by atoms with E-state index in [0.717, 1.165) is 5.56 Å². The molecule has 0 bridgehead atoms. The number of carbonyl (C=O) groups excluding carboxylic acids is 1. The molecule has 0 fully saturated rings. The van der Waals surface area contributed by atoms with Crippen LogP contribution < -0.4 is 5.32 Å². The number of rotatable bonds is 5. The molecule has 1 unspecified atom stereocenters. The maximum Gasteiger partial charge on any atom is 0.334 e. The van der Waals surface area contributed by atoms with Crippen molar-refractivity contribution in [1.82, 2.24) is 10.2 Å². The third-order valence-corrected chi connectivity index (χ3v) is 3.33. The minimum Gasteiger partial charge on any atom is -0.479 e. The molecule has 0 spiro atoms. The summed E-state index contributed by atoms with van der Waals surface area (Å²) in [5.74, 6) is -1.38. The number of aliphatic hydroxyl groups excluding tert-OH is 1. The van der Waals surface area contributed by atoms with Crippen molar-refractivity contribution in [1.29, 1.82) is 0 Å². The van der Waals surface area contributed by atoms with E-state index in [-0.39, 0.29) is 12.6 Å². The molecule has 1 rings (SSSR count). The van der Waals surface area contributed by atoms with Crippen LogP contribution in [-0.4, -0.2) is 46.8 Å². The predicted octanol–water partition coefficient (Wildman–Crippen LogP) is 1.49. The predicted molar refractivity (Wildman–Crippen MR) is 74.7 cm³/mol. The van der Waals surface area contributed by atoms with Crippen LogP contribution in [0.2, 0.25) is 5.02 Å². The summed E-state index contributed by atoms with van der Waals surface area (Å²) in [6, 6.07) is 6.37. The summed E-state index contributed by atoms with van der Waals surface area (Å²) in [4.78, 5) is 23.7. The quantitative estimate of drug-likeness (QED) is 0.768. The van der Waals surface area contributed by atoms with Gasteiger partial charge in [0.25, 0.3) is 0 Å². The van der Waals surface area contributed by atoms with E-state index in [4.69, 9.17) is 21.8 Å². The zero-order chi connectivity index (χ0) is 15.3. The van der Waals surface area contributed by atoms with Crippen LogP contribution in [0.5, 0.6) is 0 Å². The molecule has 0 aromatic heterocycles. The Labute approximate surface area is 122 Å². The van der Waals surface area contributed by atoms with Gasteiger partial charge in [0.2, 0.25) is 0 Å². The largest absolute Gasteiger partial charge is 0.479 e. The molecule has 0 aliphatic carbocycles. The normalized spacial score (nSPS) is 13.4. The SMILES string of the molecule is CC(c1ccccc1Cl)N(C)C(=O)NC[C@H](O)C(=O)O. The third kappa shape index (κ3) is 4.11. The van der Waals surface area contributed by atoms with Gasteiger partial charge in [-0.25, -0.2) is 9.59 Å². The smallest absolute Gasteiger partial charge is 0.334 e. The number of hydrogen-bond donors (Lipinski definition) is 3. The zero-order valence-corrected chi connectivity index (χ0v) is 12.0. The molecular formula is C13H17ClN2O4. The number of aliphatic hydroxyl groups is 1. The highest BCUT2D eigenvalue weighted by Crippen LogP contribution is 2.25. The lowest BCUT2D eigenvalue weighted by atomic mass is 10.1. The molecule has 0 heterocycles. The monoisotopic (exact) mass is 300 g/mol. The Bertz CT molecular complexity index is 495. The topological polar surface area (TPSA) is 89.9 Å². The van der Waals surface area contributed by atoms with Gasteiger partial charge < -0.3 is 20.4 Å². The number of carboxylic acid groups (broad SMARTS) is 1. The second-order valence-corrected chi connectivity index (χ2v) is 4.76. The molecule has 2 amide bonds. The molecule has 0 saturated heterocycles. The van der Waals surface area contributed by atoms with E-state index in [0.29, 0.717) is 5.02 Å². The van der Waals surface area contributed by atoms with Crippen molar-refractivity contribution in [3.05, 3.63) is 34.9 Å². The Balaban J connectivity index is 2.65. The average Bonchev–Trinajstić information content (AvgIpc) is 2.43. The molecule has 6 nitrogen and oxygen atoms in total. The minimum absolute atomic E-state index is 0.286. The van der Waals surface area contributed by atoms with Gasteiger partial charge in [0.05, 0.1) is 12.6 Å². The Morgan fingerprint density at radius 3 is 2.55 bits per heavy atom. The molecule has 110 valence electrons. The molecule has 0 aliphatic heterocycles. The molecule has 0 saturated carbocycles. The van der Waals surface area contributed by atoms with Gasteiger partial charge in [-0.15, -0.1) is 0 Å². The number of benzene rings is 1. The van der Waals surface area contributed by atoms with Gasteiger partial charge in [0, 0.05) is 12.1 Å². The molecule has 7 heteroatoms. The van der Waals surface area contributed by atoms with Crippen LogP contribution in [0.25, 0.3) is 0 Å². The molecule has 1 aromatic rings. The summed E-state index contributed by atoms with van der Waals surface area (Å²) in [6.07, 6.45) is -1.62. The standard InChI is InChI=1S/C13H17ClN2O4/c1-8(9-5-3-4-6-10(9)14)16(2)13(20)15-7-11(17)12(18)19/h3-6,8,11,17H,7H2,1-2H3,(H,15,20)(H,18,19)/t8?,11-/m0/s1. The molecule has 0 radical (unpaired) electrons. The maximum atomic E-state index is 11.9. The van der Waals surface area contributed by atoms with Gasteiger partial charge in [0.15, 0.2) is 6.10 Å². The summed E-state index contributed by atoms with van der Waals surface area (Å²) < 4.78 is 0. The van der Waals surface area contributed by atoms with Crippen molar-refractivity contribution in [3.8, 4) is 0 Å². The van der Waals surface area contributed by atoms with Gasteiger partial charge in [-0.2, -0.15) is 0 Å². The van der Waals surface area contributed by atoms with Crippen molar-refractivity contribution >= 4 is 23.6 Å². The maximum absolute atomic E-state index is 11.9. The second-order valence-electron chi connectivity index (χ2n) is 4.35. The number of nitrogens with one attached hydrogen (secondary N) is 1. The van der Waals surface area contributed by atoms with E-state index >= 15 is 0 Å². The lowest BCUT2D eigenvalue weighted by Crippen LogP contribution is -2.43. The van der Waals surface area contributed by atoms with Crippen LogP contribution in [0.3, 0.4) is 0 Å². The summed E-state index contributed by atoms with van der Waals surface area (Å²) in [5.41, 5.74) is 0.783. The van der Waals surface area contributed by atoms with Crippen LogP contribution >= 0.6 is 11.6 Å². The van der Waals surface area contributed by atoms with Gasteiger partial charge in [0.1, 0.15) is 0 Å². The van der Waals surface area contributed by atoms with E-state index in [1.54, 1.807) is 26.1 Å². The van der Waals surface area contributed by atoms with Crippen molar-refractivity contribution in [2.45, 2.75) is 19.1 Å². The molecule has 2 atom stereocenters. The first kappa shape index (κ1) is 16.3. The molecule has 20 heavy (non-hydrogen) atoms. The van der Waals surface area contributed by atoms with Gasteiger partial charge in [-0.3, -0.25) is 0 Å². The highest BCUT2D eigenvalue weighted by molar-refractivity contribution is 6.31. The van der Waals surface area contributed by atoms with E-state index in [1.807, 2.05) is 12.1 Å². The Morgan fingerprint density at radius 1 is 1.40 bits per heavy atom. The highest BCUT2D eigenvalue weighted by atomic mass is 35.5.